The van der Waals surface area contributed by atoms with Gasteiger partial charge in [-0.25, -0.2) is 0 Å². The fourth-order valence-electron chi connectivity index (χ4n) is 3.90. The molecule has 2 rings (SSSR count). The normalized spacial score (nSPS) is 22.8. The number of amides is 1. The summed E-state index contributed by atoms with van der Waals surface area (Å²) in [6, 6.07) is 0. The Morgan fingerprint density at radius 1 is 1.05 bits per heavy atom. The van der Waals surface area contributed by atoms with E-state index >= 15 is 0 Å². The van der Waals surface area contributed by atoms with Crippen LogP contribution in [0.4, 0.5) is 0 Å². The number of carboxylic acids is 1. The molecular weight excluding hydrogens is 268 g/mol. The third kappa shape index (κ3) is 3.76. The van der Waals surface area contributed by atoms with Crippen molar-refractivity contribution in [1.29, 1.82) is 0 Å². The van der Waals surface area contributed by atoms with E-state index in [2.05, 4.69) is 24.3 Å². The fourth-order valence-corrected chi connectivity index (χ4v) is 3.90. The molecule has 0 spiro atoms. The molecule has 0 aromatic rings. The van der Waals surface area contributed by atoms with E-state index in [1.54, 1.807) is 0 Å². The predicted molar refractivity (Wildman–Crippen MR) is 81.0 cm³/mol. The standard InChI is InChI=1S/C16H28N2O3/c1-18(2)16(8-5-9-16)12-17-13(19)10-15(11-14(20)21)6-3-4-7-15/h3-12H2,1-2H3,(H,17,19)(H,20,21). The Morgan fingerprint density at radius 2 is 1.67 bits per heavy atom. The van der Waals surface area contributed by atoms with Gasteiger partial charge in [0.2, 0.25) is 5.91 Å². The lowest BCUT2D eigenvalue weighted by Gasteiger charge is -2.47. The summed E-state index contributed by atoms with van der Waals surface area (Å²) in [5, 5.41) is 12.2. The lowest BCUT2D eigenvalue weighted by Crippen LogP contribution is -2.57. The summed E-state index contributed by atoms with van der Waals surface area (Å²) in [5.74, 6) is -0.764. The maximum absolute atomic E-state index is 12.3. The zero-order valence-electron chi connectivity index (χ0n) is 13.3. The average molecular weight is 296 g/mol. The van der Waals surface area contributed by atoms with Crippen molar-refractivity contribution >= 4 is 11.9 Å². The Balaban J connectivity index is 1.87. The number of nitrogens with zero attached hydrogens (tertiary/aromatic N) is 1. The van der Waals surface area contributed by atoms with Crippen LogP contribution in [0.3, 0.4) is 0 Å². The van der Waals surface area contributed by atoms with Crippen LogP contribution >= 0.6 is 0 Å². The van der Waals surface area contributed by atoms with Crippen LogP contribution in [0.2, 0.25) is 0 Å². The van der Waals surface area contributed by atoms with E-state index in [0.29, 0.717) is 13.0 Å². The van der Waals surface area contributed by atoms with Gasteiger partial charge in [0, 0.05) is 18.5 Å². The highest BCUT2D eigenvalue weighted by molar-refractivity contribution is 5.78. The zero-order chi connectivity index (χ0) is 15.5. The predicted octanol–water partition coefficient (Wildman–Crippen LogP) is 2.01. The molecule has 0 heterocycles. The Kier molecular flexibility index (Phi) is 4.91. The van der Waals surface area contributed by atoms with Gasteiger partial charge in [-0.05, 0) is 51.6 Å². The van der Waals surface area contributed by atoms with E-state index in [0.717, 1.165) is 38.5 Å². The molecule has 2 N–H and O–H groups in total. The highest BCUT2D eigenvalue weighted by Crippen LogP contribution is 2.44. The Labute approximate surface area is 127 Å². The van der Waals surface area contributed by atoms with Gasteiger partial charge in [-0.1, -0.05) is 12.8 Å². The average Bonchev–Trinajstić information content (AvgIpc) is 2.74. The first-order chi connectivity index (χ1) is 9.88. The number of carbonyl (C=O) groups is 2. The van der Waals surface area contributed by atoms with Gasteiger partial charge in [-0.15, -0.1) is 0 Å². The summed E-state index contributed by atoms with van der Waals surface area (Å²) in [7, 11) is 4.13. The lowest BCUT2D eigenvalue weighted by atomic mass is 9.75. The quantitative estimate of drug-likeness (QED) is 0.754. The number of hydrogen-bond donors (Lipinski definition) is 2. The molecule has 120 valence electrons. The molecule has 0 aliphatic heterocycles. The number of rotatable bonds is 7. The SMILES string of the molecule is CN(C)C1(CNC(=O)CC2(CC(=O)O)CCCC2)CCC1. The highest BCUT2D eigenvalue weighted by Gasteiger charge is 2.41. The van der Waals surface area contributed by atoms with Gasteiger partial charge in [0.15, 0.2) is 0 Å². The van der Waals surface area contributed by atoms with Crippen LogP contribution in [0, 0.1) is 5.41 Å². The van der Waals surface area contributed by atoms with Crippen molar-refractivity contribution in [1.82, 2.24) is 10.2 Å². The molecule has 0 radical (unpaired) electrons. The van der Waals surface area contributed by atoms with Crippen molar-refractivity contribution in [3.8, 4) is 0 Å². The van der Waals surface area contributed by atoms with Gasteiger partial charge in [0.1, 0.15) is 0 Å². The van der Waals surface area contributed by atoms with E-state index in [1.165, 1.54) is 6.42 Å². The molecule has 5 nitrogen and oxygen atoms in total. The molecule has 0 aromatic heterocycles. The van der Waals surface area contributed by atoms with Crippen LogP contribution in [0.25, 0.3) is 0 Å². The van der Waals surface area contributed by atoms with Crippen LogP contribution < -0.4 is 5.32 Å². The summed E-state index contributed by atoms with van der Waals surface area (Å²) >= 11 is 0. The minimum Gasteiger partial charge on any atom is -0.481 e. The Hall–Kier alpha value is -1.10. The molecule has 2 fully saturated rings. The Morgan fingerprint density at radius 3 is 2.10 bits per heavy atom. The second-order valence-corrected chi connectivity index (χ2v) is 7.20. The van der Waals surface area contributed by atoms with Gasteiger partial charge in [-0.2, -0.15) is 0 Å². The molecular formula is C16H28N2O3. The molecule has 2 aliphatic carbocycles. The van der Waals surface area contributed by atoms with Gasteiger partial charge in [0.25, 0.3) is 0 Å². The number of carboxylic acid groups (broad SMARTS) is 1. The Bertz CT molecular complexity index is 396. The number of likely N-dealkylation sites (N-methyl/N-ethyl adjacent to an activating group) is 1. The summed E-state index contributed by atoms with van der Waals surface area (Å²) in [5.41, 5.74) is -0.188. The summed E-state index contributed by atoms with van der Waals surface area (Å²) in [6.07, 6.45) is 7.78. The molecule has 0 aromatic carbocycles. The van der Waals surface area contributed by atoms with Crippen LogP contribution in [0.1, 0.15) is 57.8 Å². The second-order valence-electron chi connectivity index (χ2n) is 7.20. The van der Waals surface area contributed by atoms with E-state index < -0.39 is 5.97 Å². The molecule has 0 saturated heterocycles. The van der Waals surface area contributed by atoms with Crippen molar-refractivity contribution in [2.24, 2.45) is 5.41 Å². The first-order valence-electron chi connectivity index (χ1n) is 8.04. The largest absolute Gasteiger partial charge is 0.481 e. The van der Waals surface area contributed by atoms with Gasteiger partial charge in [0.05, 0.1) is 6.42 Å². The smallest absolute Gasteiger partial charge is 0.303 e. The lowest BCUT2D eigenvalue weighted by molar-refractivity contribution is -0.140. The summed E-state index contributed by atoms with van der Waals surface area (Å²) < 4.78 is 0. The van der Waals surface area contributed by atoms with Crippen LogP contribution in [-0.4, -0.2) is 48.1 Å². The molecule has 0 atom stereocenters. The number of nitrogens with one attached hydrogen (secondary N) is 1. The molecule has 2 aliphatic rings. The van der Waals surface area contributed by atoms with Crippen molar-refractivity contribution in [2.45, 2.75) is 63.3 Å². The topological polar surface area (TPSA) is 69.6 Å². The third-order valence-corrected chi connectivity index (χ3v) is 5.57. The van der Waals surface area contributed by atoms with Crippen LogP contribution in [-0.2, 0) is 9.59 Å². The van der Waals surface area contributed by atoms with Crippen molar-refractivity contribution in [3.05, 3.63) is 0 Å². The first kappa shape index (κ1) is 16.3. The van der Waals surface area contributed by atoms with Crippen molar-refractivity contribution in [2.75, 3.05) is 20.6 Å². The van der Waals surface area contributed by atoms with Gasteiger partial charge in [-0.3, -0.25) is 9.59 Å². The van der Waals surface area contributed by atoms with Crippen LogP contribution in [0.15, 0.2) is 0 Å². The monoisotopic (exact) mass is 296 g/mol. The molecule has 2 saturated carbocycles. The van der Waals surface area contributed by atoms with E-state index in [9.17, 15) is 9.59 Å². The summed E-state index contributed by atoms with van der Waals surface area (Å²) in [6.45, 7) is 0.683. The number of hydrogen-bond acceptors (Lipinski definition) is 3. The minimum atomic E-state index is -0.784. The number of aliphatic carboxylic acids is 1. The molecule has 0 unspecified atom stereocenters. The minimum absolute atomic E-state index is 0.0197. The molecule has 21 heavy (non-hydrogen) atoms. The first-order valence-corrected chi connectivity index (χ1v) is 8.04. The maximum atomic E-state index is 12.3. The molecule has 5 heteroatoms. The van der Waals surface area contributed by atoms with E-state index in [1.807, 2.05) is 0 Å². The third-order valence-electron chi connectivity index (χ3n) is 5.57. The van der Waals surface area contributed by atoms with Crippen molar-refractivity contribution in [3.63, 3.8) is 0 Å². The fraction of sp³-hybridized carbons (Fsp3) is 0.875. The van der Waals surface area contributed by atoms with E-state index in [-0.39, 0.29) is 23.3 Å². The van der Waals surface area contributed by atoms with Gasteiger partial charge < -0.3 is 15.3 Å². The molecule has 0 bridgehead atoms. The summed E-state index contributed by atoms with van der Waals surface area (Å²) in [4.78, 5) is 25.5. The van der Waals surface area contributed by atoms with Gasteiger partial charge >= 0.3 is 5.97 Å². The number of carbonyl (C=O) groups excluding carboxylic acids is 1. The van der Waals surface area contributed by atoms with E-state index in [4.69, 9.17) is 5.11 Å². The maximum Gasteiger partial charge on any atom is 0.303 e. The second kappa shape index (κ2) is 6.34. The molecule has 1 amide bonds. The highest BCUT2D eigenvalue weighted by atomic mass is 16.4. The van der Waals surface area contributed by atoms with Crippen LogP contribution in [0.5, 0.6) is 0 Å². The van der Waals surface area contributed by atoms with Crippen molar-refractivity contribution < 1.29 is 14.7 Å². The zero-order valence-corrected chi connectivity index (χ0v) is 13.3.